The number of hydrogen-bond donors (Lipinski definition) is 0. The molecule has 0 aromatic heterocycles. The Morgan fingerprint density at radius 3 is 2.57 bits per heavy atom. The molecule has 0 unspecified atom stereocenters. The normalized spacial score (nSPS) is 11.6. The monoisotopic (exact) mass is 105 g/mol. The van der Waals surface area contributed by atoms with Crippen molar-refractivity contribution in [3.05, 3.63) is 0 Å². The van der Waals surface area contributed by atoms with Crippen molar-refractivity contribution < 1.29 is 9.23 Å². The largest absolute Gasteiger partial charge is 0.399 e. The molecule has 0 bridgehead atoms. The average molecular weight is 105 g/mol. The van der Waals surface area contributed by atoms with Gasteiger partial charge in [0.1, 0.15) is 13.8 Å². The highest BCUT2D eigenvalue weighted by Gasteiger charge is 1.83. The fraction of sp³-hybridized carbons (Fsp3) is 0.750. The Balaban J connectivity index is 3.29. The SMILES string of the molecule is CO/N=C(/C)CF. The van der Waals surface area contributed by atoms with E-state index >= 15 is 0 Å². The van der Waals surface area contributed by atoms with Crippen LogP contribution in [0.25, 0.3) is 0 Å². The highest BCUT2D eigenvalue weighted by Crippen LogP contribution is 1.77. The Kier molecular flexibility index (Phi) is 3.28. The van der Waals surface area contributed by atoms with Crippen LogP contribution >= 0.6 is 0 Å². The van der Waals surface area contributed by atoms with E-state index in [-0.39, 0.29) is 0 Å². The summed E-state index contributed by atoms with van der Waals surface area (Å²) >= 11 is 0. The van der Waals surface area contributed by atoms with Crippen molar-refractivity contribution in [3.63, 3.8) is 0 Å². The molecule has 0 aliphatic heterocycles. The molecular formula is C4H8FNO. The van der Waals surface area contributed by atoms with Crippen LogP contribution in [0.5, 0.6) is 0 Å². The quantitative estimate of drug-likeness (QED) is 0.379. The van der Waals surface area contributed by atoms with Gasteiger partial charge in [-0.25, -0.2) is 4.39 Å². The van der Waals surface area contributed by atoms with Crippen LogP contribution in [0.3, 0.4) is 0 Å². The fourth-order valence-corrected chi connectivity index (χ4v) is 0.180. The van der Waals surface area contributed by atoms with Crippen LogP contribution < -0.4 is 0 Å². The molecule has 0 radical (unpaired) electrons. The zero-order valence-corrected chi connectivity index (χ0v) is 4.44. The maximum atomic E-state index is 11.4. The van der Waals surface area contributed by atoms with Crippen LogP contribution in [-0.4, -0.2) is 19.5 Å². The van der Waals surface area contributed by atoms with Gasteiger partial charge in [0.05, 0.1) is 5.71 Å². The average Bonchev–Trinajstić information content (AvgIpc) is 1.68. The molecule has 0 spiro atoms. The van der Waals surface area contributed by atoms with Gasteiger partial charge in [-0.3, -0.25) is 0 Å². The lowest BCUT2D eigenvalue weighted by atomic mass is 10.5. The van der Waals surface area contributed by atoms with E-state index in [1.54, 1.807) is 6.92 Å². The van der Waals surface area contributed by atoms with Crippen molar-refractivity contribution in [2.24, 2.45) is 5.16 Å². The lowest BCUT2D eigenvalue weighted by Gasteiger charge is -1.87. The van der Waals surface area contributed by atoms with Crippen LogP contribution in [0.15, 0.2) is 5.16 Å². The van der Waals surface area contributed by atoms with Crippen molar-refractivity contribution >= 4 is 5.71 Å². The van der Waals surface area contributed by atoms with E-state index in [0.717, 1.165) is 0 Å². The van der Waals surface area contributed by atoms with E-state index in [1.807, 2.05) is 0 Å². The van der Waals surface area contributed by atoms with Gasteiger partial charge in [-0.15, -0.1) is 0 Å². The standard InChI is InChI=1S/C4H8FNO/c1-4(3-5)6-7-2/h3H2,1-2H3/b6-4-. The Labute approximate surface area is 42.0 Å². The van der Waals surface area contributed by atoms with Crippen LogP contribution in [0.4, 0.5) is 4.39 Å². The molecule has 0 aliphatic rings. The first kappa shape index (κ1) is 6.40. The molecule has 0 rings (SSSR count). The maximum absolute atomic E-state index is 11.4. The van der Waals surface area contributed by atoms with Gasteiger partial charge in [-0.05, 0) is 6.92 Å². The zero-order valence-electron chi connectivity index (χ0n) is 4.44. The number of nitrogens with zero attached hydrogens (tertiary/aromatic N) is 1. The summed E-state index contributed by atoms with van der Waals surface area (Å²) in [6.45, 7) is 1.03. The molecule has 0 atom stereocenters. The Hall–Kier alpha value is -0.600. The molecule has 42 valence electrons. The number of hydrogen-bond acceptors (Lipinski definition) is 2. The van der Waals surface area contributed by atoms with E-state index < -0.39 is 6.67 Å². The van der Waals surface area contributed by atoms with E-state index in [0.29, 0.717) is 5.71 Å². The summed E-state index contributed by atoms with van der Waals surface area (Å²) in [4.78, 5) is 4.24. The summed E-state index contributed by atoms with van der Waals surface area (Å²) in [5.74, 6) is 0. The molecule has 3 heteroatoms. The molecule has 0 amide bonds. The Morgan fingerprint density at radius 2 is 2.43 bits per heavy atom. The molecule has 0 aromatic carbocycles. The first-order chi connectivity index (χ1) is 3.31. The topological polar surface area (TPSA) is 21.6 Å². The minimum atomic E-state index is -0.534. The number of oxime groups is 1. The van der Waals surface area contributed by atoms with Crippen molar-refractivity contribution in [1.29, 1.82) is 0 Å². The predicted octanol–water partition coefficient (Wildman–Crippen LogP) is 0.978. The van der Waals surface area contributed by atoms with E-state index in [9.17, 15) is 4.39 Å². The third kappa shape index (κ3) is 3.22. The number of alkyl halides is 1. The molecule has 2 nitrogen and oxygen atoms in total. The molecule has 0 fully saturated rings. The van der Waals surface area contributed by atoms with Gasteiger partial charge in [0.2, 0.25) is 0 Å². The lowest BCUT2D eigenvalue weighted by Crippen LogP contribution is -1.92. The smallest absolute Gasteiger partial charge is 0.131 e. The number of rotatable bonds is 2. The predicted molar refractivity (Wildman–Crippen MR) is 26.1 cm³/mol. The summed E-state index contributed by atoms with van der Waals surface area (Å²) < 4.78 is 11.4. The van der Waals surface area contributed by atoms with Gasteiger partial charge >= 0.3 is 0 Å². The van der Waals surface area contributed by atoms with Crippen molar-refractivity contribution in [3.8, 4) is 0 Å². The van der Waals surface area contributed by atoms with Crippen LogP contribution in [0.1, 0.15) is 6.92 Å². The minimum Gasteiger partial charge on any atom is -0.399 e. The second kappa shape index (κ2) is 3.59. The molecule has 0 saturated carbocycles. The number of halogens is 1. The van der Waals surface area contributed by atoms with Crippen LogP contribution in [0.2, 0.25) is 0 Å². The van der Waals surface area contributed by atoms with Gasteiger partial charge < -0.3 is 4.84 Å². The molecule has 0 aliphatic carbocycles. The second-order valence-corrected chi connectivity index (χ2v) is 1.14. The summed E-state index contributed by atoms with van der Waals surface area (Å²) in [6, 6.07) is 0. The van der Waals surface area contributed by atoms with Crippen LogP contribution in [-0.2, 0) is 4.84 Å². The second-order valence-electron chi connectivity index (χ2n) is 1.14. The van der Waals surface area contributed by atoms with Gasteiger partial charge in [-0.1, -0.05) is 5.16 Å². The Bertz CT molecular complexity index is 72.1. The highest BCUT2D eigenvalue weighted by atomic mass is 19.1. The van der Waals surface area contributed by atoms with Gasteiger partial charge in [0.25, 0.3) is 0 Å². The minimum absolute atomic E-state index is 0.363. The fourth-order valence-electron chi connectivity index (χ4n) is 0.180. The van der Waals surface area contributed by atoms with Gasteiger partial charge in [-0.2, -0.15) is 0 Å². The van der Waals surface area contributed by atoms with Gasteiger partial charge in [0, 0.05) is 0 Å². The van der Waals surface area contributed by atoms with Gasteiger partial charge in [0.15, 0.2) is 0 Å². The highest BCUT2D eigenvalue weighted by molar-refractivity contribution is 5.82. The molecular weight excluding hydrogens is 97.0 g/mol. The van der Waals surface area contributed by atoms with Crippen molar-refractivity contribution in [1.82, 2.24) is 0 Å². The maximum Gasteiger partial charge on any atom is 0.131 e. The first-order valence-corrected chi connectivity index (χ1v) is 1.94. The molecule has 7 heavy (non-hydrogen) atoms. The molecule has 0 heterocycles. The van der Waals surface area contributed by atoms with Crippen molar-refractivity contribution in [2.75, 3.05) is 13.8 Å². The van der Waals surface area contributed by atoms with Crippen LogP contribution in [0, 0.1) is 0 Å². The summed E-state index contributed by atoms with van der Waals surface area (Å²) in [7, 11) is 1.39. The summed E-state index contributed by atoms with van der Waals surface area (Å²) in [5, 5.41) is 3.28. The third-order valence-corrected chi connectivity index (χ3v) is 0.441. The zero-order chi connectivity index (χ0) is 5.70. The first-order valence-electron chi connectivity index (χ1n) is 1.94. The Morgan fingerprint density at radius 1 is 1.86 bits per heavy atom. The molecule has 0 saturated heterocycles. The third-order valence-electron chi connectivity index (χ3n) is 0.441. The van der Waals surface area contributed by atoms with E-state index in [2.05, 4.69) is 9.99 Å². The van der Waals surface area contributed by atoms with E-state index in [1.165, 1.54) is 7.11 Å². The molecule has 0 N–H and O–H groups in total. The summed E-state index contributed by atoms with van der Waals surface area (Å²) in [6.07, 6.45) is 0. The lowest BCUT2D eigenvalue weighted by molar-refractivity contribution is 0.211. The van der Waals surface area contributed by atoms with Crippen molar-refractivity contribution in [2.45, 2.75) is 6.92 Å². The molecule has 0 aromatic rings. The summed E-state index contributed by atoms with van der Waals surface area (Å²) in [5.41, 5.74) is 0.363. The van der Waals surface area contributed by atoms with E-state index in [4.69, 9.17) is 0 Å².